The monoisotopic (exact) mass is 166 g/mol. The lowest BCUT2D eigenvalue weighted by Crippen LogP contribution is -2.25. The zero-order chi connectivity index (χ0) is 8.23. The molecule has 0 fully saturated rings. The lowest BCUT2D eigenvalue weighted by atomic mass is 9.87. The third kappa shape index (κ3) is 1.63. The summed E-state index contributed by atoms with van der Waals surface area (Å²) in [4.78, 5) is 0. The van der Waals surface area contributed by atoms with Gasteiger partial charge in [0.25, 0.3) is 0 Å². The van der Waals surface area contributed by atoms with Crippen LogP contribution in [0, 0.1) is 11.8 Å². The molecule has 0 aliphatic carbocycles. The lowest BCUT2D eigenvalue weighted by Gasteiger charge is -2.28. The first-order valence-corrected chi connectivity index (χ1v) is 4.50. The molecule has 0 aromatic carbocycles. The second kappa shape index (κ2) is 3.65. The van der Waals surface area contributed by atoms with Crippen molar-refractivity contribution in [1.29, 1.82) is 0 Å². The van der Waals surface area contributed by atoms with Crippen LogP contribution in [0.4, 0.5) is 0 Å². The van der Waals surface area contributed by atoms with Crippen molar-refractivity contribution >= 4 is 0 Å². The molecular formula is C10H14O2. The Labute approximate surface area is 72.9 Å². The molecule has 0 aromatic heterocycles. The maximum atomic E-state index is 5.28. The van der Waals surface area contributed by atoms with Gasteiger partial charge in [-0.2, -0.15) is 0 Å². The Hall–Kier alpha value is -0.920. The highest BCUT2D eigenvalue weighted by Crippen LogP contribution is 2.26. The molecule has 0 aromatic rings. The van der Waals surface area contributed by atoms with Crippen molar-refractivity contribution in [3.63, 3.8) is 0 Å². The SMILES string of the molecule is C1=COCC(C2CC=COC2)C1. The van der Waals surface area contributed by atoms with Gasteiger partial charge in [-0.15, -0.1) is 0 Å². The molecule has 2 rings (SSSR count). The van der Waals surface area contributed by atoms with Crippen molar-refractivity contribution in [3.8, 4) is 0 Å². The van der Waals surface area contributed by atoms with E-state index < -0.39 is 0 Å². The van der Waals surface area contributed by atoms with E-state index >= 15 is 0 Å². The predicted octanol–water partition coefficient (Wildman–Crippen LogP) is 2.09. The first kappa shape index (κ1) is 7.71. The maximum absolute atomic E-state index is 5.28. The van der Waals surface area contributed by atoms with Gasteiger partial charge in [0.1, 0.15) is 0 Å². The van der Waals surface area contributed by atoms with E-state index in [2.05, 4.69) is 12.2 Å². The fourth-order valence-corrected chi connectivity index (χ4v) is 1.75. The largest absolute Gasteiger partial charge is 0.501 e. The molecule has 2 aliphatic rings. The van der Waals surface area contributed by atoms with Gasteiger partial charge < -0.3 is 9.47 Å². The van der Waals surface area contributed by atoms with E-state index in [9.17, 15) is 0 Å². The lowest BCUT2D eigenvalue weighted by molar-refractivity contribution is 0.0823. The zero-order valence-corrected chi connectivity index (χ0v) is 7.11. The van der Waals surface area contributed by atoms with Gasteiger partial charge in [-0.1, -0.05) is 0 Å². The summed E-state index contributed by atoms with van der Waals surface area (Å²) in [7, 11) is 0. The summed E-state index contributed by atoms with van der Waals surface area (Å²) < 4.78 is 10.6. The predicted molar refractivity (Wildman–Crippen MR) is 46.4 cm³/mol. The summed E-state index contributed by atoms with van der Waals surface area (Å²) >= 11 is 0. The van der Waals surface area contributed by atoms with E-state index in [0.717, 1.165) is 26.1 Å². The van der Waals surface area contributed by atoms with E-state index in [1.807, 2.05) is 0 Å². The molecule has 2 unspecified atom stereocenters. The van der Waals surface area contributed by atoms with Crippen LogP contribution in [0.3, 0.4) is 0 Å². The van der Waals surface area contributed by atoms with Crippen molar-refractivity contribution < 1.29 is 9.47 Å². The molecule has 0 amide bonds. The molecule has 2 atom stereocenters. The van der Waals surface area contributed by atoms with Crippen molar-refractivity contribution in [1.82, 2.24) is 0 Å². The average Bonchev–Trinajstić information content (AvgIpc) is 2.21. The van der Waals surface area contributed by atoms with E-state index in [1.54, 1.807) is 12.5 Å². The van der Waals surface area contributed by atoms with Crippen LogP contribution in [0.25, 0.3) is 0 Å². The highest BCUT2D eigenvalue weighted by Gasteiger charge is 2.23. The molecule has 0 saturated heterocycles. The Balaban J connectivity index is 1.90. The fourth-order valence-electron chi connectivity index (χ4n) is 1.75. The van der Waals surface area contributed by atoms with Crippen molar-refractivity contribution in [2.45, 2.75) is 12.8 Å². The van der Waals surface area contributed by atoms with Gasteiger partial charge in [-0.3, -0.25) is 0 Å². The van der Waals surface area contributed by atoms with Gasteiger partial charge in [0.2, 0.25) is 0 Å². The topological polar surface area (TPSA) is 18.5 Å². The van der Waals surface area contributed by atoms with Crippen LogP contribution in [0.15, 0.2) is 24.7 Å². The summed E-state index contributed by atoms with van der Waals surface area (Å²) in [5.74, 6) is 1.31. The smallest absolute Gasteiger partial charge is 0.0908 e. The normalized spacial score (nSPS) is 34.0. The van der Waals surface area contributed by atoms with Gasteiger partial charge in [-0.25, -0.2) is 0 Å². The van der Waals surface area contributed by atoms with Crippen molar-refractivity contribution in [3.05, 3.63) is 24.7 Å². The first-order chi connectivity index (χ1) is 5.97. The molecule has 2 aliphatic heterocycles. The Morgan fingerprint density at radius 2 is 1.33 bits per heavy atom. The Morgan fingerprint density at radius 3 is 1.67 bits per heavy atom. The third-order valence-electron chi connectivity index (χ3n) is 2.55. The standard InChI is InChI=1S/C10H14O2/c1-3-9(7-11-5-1)10-4-2-6-12-8-10/h1-2,5-6,9-10H,3-4,7-8H2. The van der Waals surface area contributed by atoms with Gasteiger partial charge in [0.05, 0.1) is 25.7 Å². The molecular weight excluding hydrogens is 152 g/mol. The Kier molecular flexibility index (Phi) is 2.35. The van der Waals surface area contributed by atoms with Crippen LogP contribution in [-0.2, 0) is 9.47 Å². The molecule has 0 N–H and O–H groups in total. The van der Waals surface area contributed by atoms with Crippen molar-refractivity contribution in [2.24, 2.45) is 11.8 Å². The van der Waals surface area contributed by atoms with E-state index in [1.165, 1.54) is 0 Å². The minimum atomic E-state index is 0.653. The number of rotatable bonds is 1. The highest BCUT2D eigenvalue weighted by molar-refractivity contribution is 4.91. The van der Waals surface area contributed by atoms with Crippen LogP contribution in [0.1, 0.15) is 12.8 Å². The van der Waals surface area contributed by atoms with E-state index in [4.69, 9.17) is 9.47 Å². The van der Waals surface area contributed by atoms with Crippen LogP contribution in [-0.4, -0.2) is 13.2 Å². The molecule has 66 valence electrons. The molecule has 0 bridgehead atoms. The minimum absolute atomic E-state index is 0.653. The van der Waals surface area contributed by atoms with Crippen LogP contribution in [0.5, 0.6) is 0 Å². The van der Waals surface area contributed by atoms with Gasteiger partial charge >= 0.3 is 0 Å². The summed E-state index contributed by atoms with van der Waals surface area (Å²) in [6.45, 7) is 1.72. The molecule has 2 heterocycles. The van der Waals surface area contributed by atoms with Crippen LogP contribution in [0.2, 0.25) is 0 Å². The number of ether oxygens (including phenoxy) is 2. The highest BCUT2D eigenvalue weighted by atomic mass is 16.5. The average molecular weight is 166 g/mol. The second-order valence-corrected chi connectivity index (χ2v) is 3.40. The van der Waals surface area contributed by atoms with E-state index in [-0.39, 0.29) is 0 Å². The Morgan fingerprint density at radius 1 is 0.833 bits per heavy atom. The van der Waals surface area contributed by atoms with Gasteiger partial charge in [0.15, 0.2) is 0 Å². The quantitative estimate of drug-likeness (QED) is 0.593. The van der Waals surface area contributed by atoms with Crippen LogP contribution >= 0.6 is 0 Å². The van der Waals surface area contributed by atoms with Gasteiger partial charge in [0, 0.05) is 11.8 Å². The number of hydrogen-bond acceptors (Lipinski definition) is 2. The molecule has 2 heteroatoms. The number of allylic oxidation sites excluding steroid dienone is 2. The van der Waals surface area contributed by atoms with Crippen LogP contribution < -0.4 is 0 Å². The molecule has 0 radical (unpaired) electrons. The third-order valence-corrected chi connectivity index (χ3v) is 2.55. The molecule has 0 saturated carbocycles. The molecule has 12 heavy (non-hydrogen) atoms. The Bertz CT molecular complexity index is 174. The molecule has 2 nitrogen and oxygen atoms in total. The fraction of sp³-hybridized carbons (Fsp3) is 0.600. The summed E-state index contributed by atoms with van der Waals surface area (Å²) in [5.41, 5.74) is 0. The number of hydrogen-bond donors (Lipinski definition) is 0. The summed E-state index contributed by atoms with van der Waals surface area (Å²) in [6, 6.07) is 0. The maximum Gasteiger partial charge on any atom is 0.0908 e. The first-order valence-electron chi connectivity index (χ1n) is 4.50. The zero-order valence-electron chi connectivity index (χ0n) is 7.11. The minimum Gasteiger partial charge on any atom is -0.501 e. The summed E-state index contributed by atoms with van der Waals surface area (Å²) in [6.07, 6.45) is 10.1. The van der Waals surface area contributed by atoms with Crippen molar-refractivity contribution in [2.75, 3.05) is 13.2 Å². The molecule has 0 spiro atoms. The van der Waals surface area contributed by atoms with E-state index in [0.29, 0.717) is 11.8 Å². The summed E-state index contributed by atoms with van der Waals surface area (Å²) in [5, 5.41) is 0. The second-order valence-electron chi connectivity index (χ2n) is 3.40. The van der Waals surface area contributed by atoms with Gasteiger partial charge in [-0.05, 0) is 25.0 Å².